The lowest BCUT2D eigenvalue weighted by molar-refractivity contribution is 0.0681. The van der Waals surface area contributed by atoms with Gasteiger partial charge in [0.05, 0.1) is 66.7 Å². The lowest BCUT2D eigenvalue weighted by atomic mass is 10.1. The number of aromatic carboxylic acids is 3. The second-order valence-corrected chi connectivity index (χ2v) is 13.1. The van der Waals surface area contributed by atoms with Gasteiger partial charge in [0.2, 0.25) is 23.5 Å². The fraction of sp³-hybridized carbons (Fsp3) is 0.125. The minimum Gasteiger partial charge on any atom is -0.481 e. The summed E-state index contributed by atoms with van der Waals surface area (Å²) in [6.07, 6.45) is 3.03. The Morgan fingerprint density at radius 3 is 1.31 bits per heavy atom. The maximum absolute atomic E-state index is 12.0. The Kier molecular flexibility index (Phi) is 14.8. The fourth-order valence-electron chi connectivity index (χ4n) is 5.21. The number of benzene rings is 3. The molecule has 0 aliphatic carbocycles. The SMILES string of the molecule is COc1cc(OC)nc(Oc2cccc(Oc3nc(OC)cc(OC)n3)c2C(=O)O)n1.Cc1cnc2c(C(=O)O)c(Cl)ccc2c1.O=C(O)c1c(Cl)ccc2cc(Cl)cnc12. The summed E-state index contributed by atoms with van der Waals surface area (Å²) < 4.78 is 31.4. The minimum atomic E-state index is -1.32. The van der Waals surface area contributed by atoms with Crippen molar-refractivity contribution in [3.63, 3.8) is 0 Å². The number of fused-ring (bicyclic) bond motifs is 2. The van der Waals surface area contributed by atoms with Crippen molar-refractivity contribution in [2.24, 2.45) is 0 Å². The maximum Gasteiger partial charge on any atom is 0.343 e. The second kappa shape index (κ2) is 20.1. The van der Waals surface area contributed by atoms with Crippen LogP contribution in [0.4, 0.5) is 0 Å². The standard InChI is InChI=1S/C19H18N4O8.C11H8ClNO2.C10H5Cl2NO2/c1-26-12-8-13(27-2)21-18(20-12)30-10-6-5-7-11(16(10)17(24)25)31-19-22-14(28-3)9-15(23-19)29-4;1-6-4-7-2-3-8(12)9(11(14)15)10(7)13-5-6;11-6-3-5-1-2-7(12)8(10(14)15)9(5)13-4-6/h5-9H,1-4H3,(H,24,25);2-5H,1H3,(H,14,15);1-4H,(H,14,15). The zero-order valence-corrected chi connectivity index (χ0v) is 34.6. The van der Waals surface area contributed by atoms with Crippen molar-refractivity contribution in [3.8, 4) is 47.0 Å². The van der Waals surface area contributed by atoms with Crippen molar-refractivity contribution in [2.45, 2.75) is 6.92 Å². The summed E-state index contributed by atoms with van der Waals surface area (Å²) in [5.41, 5.74) is 1.53. The molecule has 0 saturated heterocycles. The number of hydrogen-bond acceptors (Lipinski definition) is 15. The van der Waals surface area contributed by atoms with Gasteiger partial charge in [-0.2, -0.15) is 19.9 Å². The topological polar surface area (TPSA) is 245 Å². The Labute approximate surface area is 360 Å². The molecule has 7 aromatic rings. The van der Waals surface area contributed by atoms with Gasteiger partial charge in [-0.05, 0) is 48.9 Å². The average molecular weight is 894 g/mol. The number of halogens is 3. The van der Waals surface area contributed by atoms with Crippen LogP contribution in [0.1, 0.15) is 36.6 Å². The van der Waals surface area contributed by atoms with Crippen LogP contribution in [0.2, 0.25) is 15.1 Å². The Balaban J connectivity index is 0.000000195. The van der Waals surface area contributed by atoms with Gasteiger partial charge in [0.1, 0.15) is 28.2 Å². The van der Waals surface area contributed by atoms with E-state index in [1.807, 2.05) is 13.0 Å². The van der Waals surface area contributed by atoms with E-state index in [2.05, 4.69) is 29.9 Å². The first-order valence-electron chi connectivity index (χ1n) is 17.1. The summed E-state index contributed by atoms with van der Waals surface area (Å²) in [5, 5.41) is 30.0. The van der Waals surface area contributed by atoms with Gasteiger partial charge in [0.15, 0.2) is 0 Å². The molecular formula is C40H31Cl3N6O12. The summed E-state index contributed by atoms with van der Waals surface area (Å²) in [6, 6.07) is 16.9. The zero-order valence-electron chi connectivity index (χ0n) is 32.3. The zero-order chi connectivity index (χ0) is 44.4. The third-order valence-corrected chi connectivity index (χ3v) is 8.73. The number of ether oxygens (including phenoxy) is 6. The highest BCUT2D eigenvalue weighted by Crippen LogP contribution is 2.35. The molecule has 0 atom stereocenters. The normalized spacial score (nSPS) is 10.4. The average Bonchev–Trinajstić information content (AvgIpc) is 3.23. The number of aryl methyl sites for hydroxylation is 1. The predicted octanol–water partition coefficient (Wildman–Crippen LogP) is 8.72. The van der Waals surface area contributed by atoms with Crippen LogP contribution >= 0.6 is 34.8 Å². The molecule has 3 aromatic carbocycles. The first kappa shape index (κ1) is 44.8. The van der Waals surface area contributed by atoms with Crippen LogP contribution < -0.4 is 28.4 Å². The van der Waals surface area contributed by atoms with Crippen molar-refractivity contribution in [1.82, 2.24) is 29.9 Å². The van der Waals surface area contributed by atoms with Crippen LogP contribution in [0.15, 0.2) is 79.1 Å². The van der Waals surface area contributed by atoms with E-state index < -0.39 is 17.9 Å². The fourth-order valence-corrected chi connectivity index (χ4v) is 5.84. The largest absolute Gasteiger partial charge is 0.481 e. The predicted molar refractivity (Wildman–Crippen MR) is 221 cm³/mol. The van der Waals surface area contributed by atoms with Crippen molar-refractivity contribution >= 4 is 74.5 Å². The van der Waals surface area contributed by atoms with E-state index in [9.17, 15) is 19.5 Å². The molecule has 0 bridgehead atoms. The summed E-state index contributed by atoms with van der Waals surface area (Å²) in [7, 11) is 5.63. The number of aromatic nitrogens is 6. The molecule has 61 heavy (non-hydrogen) atoms. The Morgan fingerprint density at radius 1 is 0.525 bits per heavy atom. The molecule has 3 N–H and O–H groups in total. The highest BCUT2D eigenvalue weighted by Gasteiger charge is 2.22. The molecule has 0 amide bonds. The van der Waals surface area contributed by atoms with E-state index in [4.69, 9.17) is 73.4 Å². The highest BCUT2D eigenvalue weighted by molar-refractivity contribution is 6.36. The van der Waals surface area contributed by atoms with Gasteiger partial charge < -0.3 is 43.7 Å². The number of hydrogen-bond donors (Lipinski definition) is 3. The number of carbonyl (C=O) groups is 3. The van der Waals surface area contributed by atoms with Crippen LogP contribution in [0.3, 0.4) is 0 Å². The minimum absolute atomic E-state index is 0.00540. The summed E-state index contributed by atoms with van der Waals surface area (Å²) in [6.45, 7) is 1.90. The number of nitrogens with zero attached hydrogens (tertiary/aromatic N) is 6. The lowest BCUT2D eigenvalue weighted by Gasteiger charge is -2.13. The Morgan fingerprint density at radius 2 is 0.918 bits per heavy atom. The summed E-state index contributed by atoms with van der Waals surface area (Å²) in [5.74, 6) is -2.97. The van der Waals surface area contributed by atoms with E-state index in [1.165, 1.54) is 71.0 Å². The van der Waals surface area contributed by atoms with Gasteiger partial charge in [-0.1, -0.05) is 53.0 Å². The van der Waals surface area contributed by atoms with E-state index in [0.29, 0.717) is 21.4 Å². The molecule has 0 unspecified atom stereocenters. The highest BCUT2D eigenvalue weighted by atomic mass is 35.5. The molecular weight excluding hydrogens is 863 g/mol. The van der Waals surface area contributed by atoms with E-state index in [-0.39, 0.29) is 73.8 Å². The maximum atomic E-state index is 12.0. The summed E-state index contributed by atoms with van der Waals surface area (Å²) >= 11 is 17.3. The number of carboxylic acids is 3. The van der Waals surface area contributed by atoms with Gasteiger partial charge in [-0.25, -0.2) is 14.4 Å². The first-order valence-corrected chi connectivity index (χ1v) is 18.2. The van der Waals surface area contributed by atoms with Crippen LogP contribution in [0.5, 0.6) is 47.0 Å². The van der Waals surface area contributed by atoms with Crippen molar-refractivity contribution in [2.75, 3.05) is 28.4 Å². The van der Waals surface area contributed by atoms with Gasteiger partial charge in [0.25, 0.3) is 0 Å². The molecule has 0 saturated carbocycles. The third kappa shape index (κ3) is 11.1. The molecule has 7 rings (SSSR count). The van der Waals surface area contributed by atoms with Crippen molar-refractivity contribution in [3.05, 3.63) is 116 Å². The molecule has 21 heteroatoms. The van der Waals surface area contributed by atoms with Gasteiger partial charge in [-0.15, -0.1) is 0 Å². The van der Waals surface area contributed by atoms with Gasteiger partial charge >= 0.3 is 29.9 Å². The lowest BCUT2D eigenvalue weighted by Crippen LogP contribution is -2.06. The van der Waals surface area contributed by atoms with Gasteiger partial charge in [-0.3, -0.25) is 9.97 Å². The number of pyridine rings is 2. The van der Waals surface area contributed by atoms with Crippen LogP contribution in [0.25, 0.3) is 21.8 Å². The molecule has 4 heterocycles. The molecule has 0 aliphatic heterocycles. The van der Waals surface area contributed by atoms with E-state index >= 15 is 0 Å². The molecule has 314 valence electrons. The Hall–Kier alpha value is -7.28. The smallest absolute Gasteiger partial charge is 0.343 e. The van der Waals surface area contributed by atoms with Crippen LogP contribution in [-0.4, -0.2) is 91.6 Å². The van der Waals surface area contributed by atoms with E-state index in [0.717, 1.165) is 10.9 Å². The quantitative estimate of drug-likeness (QED) is 0.110. The molecule has 0 spiro atoms. The van der Waals surface area contributed by atoms with Crippen LogP contribution in [-0.2, 0) is 0 Å². The molecule has 0 aliphatic rings. The number of methoxy groups -OCH3 is 4. The molecule has 4 aromatic heterocycles. The first-order chi connectivity index (χ1) is 29.1. The molecule has 0 fully saturated rings. The number of rotatable bonds is 11. The molecule has 18 nitrogen and oxygen atoms in total. The van der Waals surface area contributed by atoms with Gasteiger partial charge in [0, 0.05) is 23.2 Å². The van der Waals surface area contributed by atoms with Crippen molar-refractivity contribution in [1.29, 1.82) is 0 Å². The summed E-state index contributed by atoms with van der Waals surface area (Å²) in [4.78, 5) is 58.1. The number of carboxylic acid groups (broad SMARTS) is 3. The second-order valence-electron chi connectivity index (χ2n) is 11.9. The Bertz CT molecular complexity index is 2560. The third-order valence-electron chi connectivity index (χ3n) is 7.89. The van der Waals surface area contributed by atoms with E-state index in [1.54, 1.807) is 30.5 Å². The van der Waals surface area contributed by atoms with Crippen LogP contribution in [0, 0.1) is 6.92 Å². The van der Waals surface area contributed by atoms with Crippen molar-refractivity contribution < 1.29 is 58.1 Å². The molecule has 0 radical (unpaired) electrons. The monoisotopic (exact) mass is 892 g/mol.